The summed E-state index contributed by atoms with van der Waals surface area (Å²) in [6.07, 6.45) is -0.829. The fraction of sp³-hybridized carbons (Fsp3) is 0.286. The van der Waals surface area contributed by atoms with Crippen LogP contribution in [-0.4, -0.2) is 29.4 Å². The van der Waals surface area contributed by atoms with Gasteiger partial charge in [0.1, 0.15) is 11.5 Å². The number of hydrogen-bond donors (Lipinski definition) is 0. The van der Waals surface area contributed by atoms with E-state index in [0.29, 0.717) is 11.3 Å². The SMILES string of the molecule is CC(=O)Oc1ccccc1[C@@H]1OC(COc2c(C)cccc2C)=NN1C(C)=O. The summed E-state index contributed by atoms with van der Waals surface area (Å²) in [6.45, 7) is 6.69. The monoisotopic (exact) mass is 382 g/mol. The van der Waals surface area contributed by atoms with E-state index in [2.05, 4.69) is 5.10 Å². The zero-order valence-electron chi connectivity index (χ0n) is 16.3. The van der Waals surface area contributed by atoms with E-state index >= 15 is 0 Å². The Labute approximate surface area is 163 Å². The van der Waals surface area contributed by atoms with Crippen molar-refractivity contribution in [2.45, 2.75) is 33.9 Å². The molecule has 0 saturated carbocycles. The maximum atomic E-state index is 12.1. The highest BCUT2D eigenvalue weighted by Gasteiger charge is 2.35. The molecule has 7 nitrogen and oxygen atoms in total. The van der Waals surface area contributed by atoms with Crippen LogP contribution in [0.3, 0.4) is 0 Å². The van der Waals surface area contributed by atoms with Gasteiger partial charge in [-0.25, -0.2) is 0 Å². The lowest BCUT2D eigenvalue weighted by Crippen LogP contribution is -2.26. The molecule has 2 aromatic rings. The molecule has 1 aliphatic rings. The quantitative estimate of drug-likeness (QED) is 0.584. The Bertz CT molecular complexity index is 918. The Balaban J connectivity index is 1.81. The van der Waals surface area contributed by atoms with Gasteiger partial charge < -0.3 is 14.2 Å². The third-order valence-electron chi connectivity index (χ3n) is 4.20. The van der Waals surface area contributed by atoms with Gasteiger partial charge in [0.05, 0.1) is 5.56 Å². The van der Waals surface area contributed by atoms with Crippen LogP contribution in [-0.2, 0) is 14.3 Å². The predicted molar refractivity (Wildman–Crippen MR) is 103 cm³/mol. The Hall–Kier alpha value is -3.35. The Morgan fingerprint density at radius 3 is 2.39 bits per heavy atom. The third-order valence-corrected chi connectivity index (χ3v) is 4.20. The molecule has 146 valence electrons. The molecule has 1 aliphatic heterocycles. The maximum absolute atomic E-state index is 12.1. The first-order chi connectivity index (χ1) is 13.4. The van der Waals surface area contributed by atoms with Crippen molar-refractivity contribution in [3.63, 3.8) is 0 Å². The largest absolute Gasteiger partial charge is 0.483 e. The lowest BCUT2D eigenvalue weighted by Gasteiger charge is -2.21. The number of rotatable bonds is 5. The Morgan fingerprint density at radius 2 is 1.75 bits per heavy atom. The number of ether oxygens (including phenoxy) is 3. The minimum atomic E-state index is -0.829. The maximum Gasteiger partial charge on any atom is 0.308 e. The van der Waals surface area contributed by atoms with Gasteiger partial charge in [-0.05, 0) is 37.1 Å². The van der Waals surface area contributed by atoms with Gasteiger partial charge in [0.15, 0.2) is 6.61 Å². The molecule has 1 atom stereocenters. The highest BCUT2D eigenvalue weighted by atomic mass is 16.6. The van der Waals surface area contributed by atoms with E-state index in [-0.39, 0.29) is 18.4 Å². The Kier molecular flexibility index (Phi) is 5.63. The van der Waals surface area contributed by atoms with Crippen LogP contribution < -0.4 is 9.47 Å². The van der Waals surface area contributed by atoms with Crippen molar-refractivity contribution in [3.05, 3.63) is 59.2 Å². The van der Waals surface area contributed by atoms with Crippen LogP contribution in [0.2, 0.25) is 0 Å². The van der Waals surface area contributed by atoms with Gasteiger partial charge in [-0.15, -0.1) is 5.10 Å². The van der Waals surface area contributed by atoms with E-state index in [1.54, 1.807) is 24.3 Å². The molecule has 0 bridgehead atoms. The van der Waals surface area contributed by atoms with E-state index < -0.39 is 12.2 Å². The number of hydrazone groups is 1. The van der Waals surface area contributed by atoms with E-state index in [9.17, 15) is 9.59 Å². The second-order valence-corrected chi connectivity index (χ2v) is 6.47. The molecule has 0 saturated heterocycles. The van der Waals surface area contributed by atoms with Crippen molar-refractivity contribution in [1.82, 2.24) is 5.01 Å². The highest BCUT2D eigenvalue weighted by molar-refractivity contribution is 5.84. The highest BCUT2D eigenvalue weighted by Crippen LogP contribution is 2.34. The predicted octanol–water partition coefficient (Wildman–Crippen LogP) is 3.50. The van der Waals surface area contributed by atoms with Crippen molar-refractivity contribution in [1.29, 1.82) is 0 Å². The van der Waals surface area contributed by atoms with Crippen molar-refractivity contribution in [2.75, 3.05) is 6.61 Å². The van der Waals surface area contributed by atoms with Crippen LogP contribution >= 0.6 is 0 Å². The average Bonchev–Trinajstić information content (AvgIpc) is 3.06. The normalized spacial score (nSPS) is 15.6. The summed E-state index contributed by atoms with van der Waals surface area (Å²) < 4.78 is 17.0. The first kappa shape index (κ1) is 19.4. The van der Waals surface area contributed by atoms with Gasteiger partial charge in [0.25, 0.3) is 0 Å². The van der Waals surface area contributed by atoms with Gasteiger partial charge in [-0.2, -0.15) is 5.01 Å². The third kappa shape index (κ3) is 4.14. The van der Waals surface area contributed by atoms with Gasteiger partial charge >= 0.3 is 5.97 Å². The summed E-state index contributed by atoms with van der Waals surface area (Å²) in [5.74, 6) is 0.579. The fourth-order valence-electron chi connectivity index (χ4n) is 2.96. The number of amides is 1. The molecule has 1 amide bonds. The number of nitrogens with zero attached hydrogens (tertiary/aromatic N) is 2. The summed E-state index contributed by atoms with van der Waals surface area (Å²) >= 11 is 0. The number of aryl methyl sites for hydroxylation is 2. The summed E-state index contributed by atoms with van der Waals surface area (Å²) in [6, 6.07) is 12.8. The molecule has 0 spiro atoms. The van der Waals surface area contributed by atoms with Crippen LogP contribution in [0.25, 0.3) is 0 Å². The van der Waals surface area contributed by atoms with E-state index in [0.717, 1.165) is 16.9 Å². The van der Waals surface area contributed by atoms with Crippen LogP contribution in [0.4, 0.5) is 0 Å². The molecule has 7 heteroatoms. The molecule has 0 aliphatic carbocycles. The summed E-state index contributed by atoms with van der Waals surface area (Å²) in [7, 11) is 0. The molecule has 0 N–H and O–H groups in total. The van der Waals surface area contributed by atoms with Gasteiger partial charge in [0.2, 0.25) is 18.0 Å². The van der Waals surface area contributed by atoms with Crippen LogP contribution in [0, 0.1) is 13.8 Å². The zero-order valence-corrected chi connectivity index (χ0v) is 16.3. The number of benzene rings is 2. The van der Waals surface area contributed by atoms with Crippen molar-refractivity contribution >= 4 is 17.8 Å². The van der Waals surface area contributed by atoms with Gasteiger partial charge in [-0.1, -0.05) is 30.3 Å². The second-order valence-electron chi connectivity index (χ2n) is 6.47. The minimum Gasteiger partial charge on any atom is -0.483 e. The lowest BCUT2D eigenvalue weighted by atomic mass is 10.1. The molecule has 0 unspecified atom stereocenters. The summed E-state index contributed by atoms with van der Waals surface area (Å²) in [5.41, 5.74) is 2.52. The van der Waals surface area contributed by atoms with Crippen molar-refractivity contribution in [3.8, 4) is 11.5 Å². The minimum absolute atomic E-state index is 0.0711. The van der Waals surface area contributed by atoms with Gasteiger partial charge in [-0.3, -0.25) is 9.59 Å². The summed E-state index contributed by atoms with van der Waals surface area (Å²) in [4.78, 5) is 23.5. The number of para-hydroxylation sites is 2. The first-order valence-corrected chi connectivity index (χ1v) is 8.87. The van der Waals surface area contributed by atoms with Crippen molar-refractivity contribution in [2.24, 2.45) is 5.10 Å². The molecule has 0 aromatic heterocycles. The number of carbonyl (C=O) groups excluding carboxylic acids is 2. The number of esters is 1. The standard InChI is InChI=1S/C21H22N2O5/c1-13-8-7-9-14(2)20(13)26-12-19-22-23(15(3)24)21(28-19)17-10-5-6-11-18(17)27-16(4)25/h5-11,21H,12H2,1-4H3/t21-/m0/s1. The first-order valence-electron chi connectivity index (χ1n) is 8.87. The second kappa shape index (κ2) is 8.12. The van der Waals surface area contributed by atoms with E-state index in [1.807, 2.05) is 32.0 Å². The Morgan fingerprint density at radius 1 is 1.07 bits per heavy atom. The molecule has 28 heavy (non-hydrogen) atoms. The smallest absolute Gasteiger partial charge is 0.308 e. The average molecular weight is 382 g/mol. The molecule has 2 aromatic carbocycles. The number of carbonyl (C=O) groups is 2. The van der Waals surface area contributed by atoms with Crippen LogP contribution in [0.15, 0.2) is 47.6 Å². The molecule has 0 fully saturated rings. The van der Waals surface area contributed by atoms with E-state index in [4.69, 9.17) is 14.2 Å². The molecule has 3 rings (SSSR count). The molecular weight excluding hydrogens is 360 g/mol. The van der Waals surface area contributed by atoms with Crippen molar-refractivity contribution < 1.29 is 23.8 Å². The van der Waals surface area contributed by atoms with Crippen LogP contribution in [0.1, 0.15) is 36.8 Å². The molecular formula is C21H22N2O5. The topological polar surface area (TPSA) is 77.4 Å². The fourth-order valence-corrected chi connectivity index (χ4v) is 2.96. The van der Waals surface area contributed by atoms with E-state index in [1.165, 1.54) is 18.9 Å². The molecule has 1 heterocycles. The van der Waals surface area contributed by atoms with Crippen LogP contribution in [0.5, 0.6) is 11.5 Å². The molecule has 0 radical (unpaired) electrons. The number of hydrogen-bond acceptors (Lipinski definition) is 6. The zero-order chi connectivity index (χ0) is 20.3. The van der Waals surface area contributed by atoms with Gasteiger partial charge in [0, 0.05) is 13.8 Å². The summed E-state index contributed by atoms with van der Waals surface area (Å²) in [5, 5.41) is 5.47. The lowest BCUT2D eigenvalue weighted by molar-refractivity contribution is -0.135.